The summed E-state index contributed by atoms with van der Waals surface area (Å²) in [5, 5.41) is 7.80. The van der Waals surface area contributed by atoms with Gasteiger partial charge in [-0.2, -0.15) is 0 Å². The highest BCUT2D eigenvalue weighted by atomic mass is 16.5. The molecule has 0 saturated carbocycles. The average molecular weight is 180 g/mol. The largest absolute Gasteiger partial charge is 0.382 e. The van der Waals surface area contributed by atoms with Crippen molar-refractivity contribution in [3.8, 4) is 0 Å². The first kappa shape index (κ1) is 8.25. The SMILES string of the molecule is Nc1ccc(N2CCOCC2)nn1. The van der Waals surface area contributed by atoms with Gasteiger partial charge in [0.15, 0.2) is 5.82 Å². The highest BCUT2D eigenvalue weighted by Crippen LogP contribution is 2.11. The fourth-order valence-electron chi connectivity index (χ4n) is 1.30. The van der Waals surface area contributed by atoms with E-state index in [0.29, 0.717) is 5.82 Å². The minimum absolute atomic E-state index is 0.456. The molecule has 2 rings (SSSR count). The molecule has 0 aliphatic carbocycles. The van der Waals surface area contributed by atoms with Crippen molar-refractivity contribution >= 4 is 11.6 Å². The number of morpholine rings is 1. The van der Waals surface area contributed by atoms with Crippen LogP contribution in [0.1, 0.15) is 0 Å². The van der Waals surface area contributed by atoms with Crippen LogP contribution in [0.4, 0.5) is 11.6 Å². The molecule has 1 saturated heterocycles. The molecule has 0 radical (unpaired) electrons. The van der Waals surface area contributed by atoms with Gasteiger partial charge in [-0.05, 0) is 12.1 Å². The highest BCUT2D eigenvalue weighted by molar-refractivity contribution is 5.41. The van der Waals surface area contributed by atoms with Crippen LogP contribution < -0.4 is 10.6 Å². The van der Waals surface area contributed by atoms with Gasteiger partial charge in [-0.1, -0.05) is 0 Å². The second-order valence-electron chi connectivity index (χ2n) is 2.92. The molecule has 70 valence electrons. The van der Waals surface area contributed by atoms with Gasteiger partial charge < -0.3 is 15.4 Å². The van der Waals surface area contributed by atoms with Crippen LogP contribution in [0.2, 0.25) is 0 Å². The van der Waals surface area contributed by atoms with Gasteiger partial charge in [0.05, 0.1) is 13.2 Å². The van der Waals surface area contributed by atoms with E-state index in [-0.39, 0.29) is 0 Å². The summed E-state index contributed by atoms with van der Waals surface area (Å²) in [5.74, 6) is 1.33. The molecule has 0 aromatic carbocycles. The molecule has 1 aromatic heterocycles. The molecule has 1 aliphatic rings. The maximum absolute atomic E-state index is 5.44. The lowest BCUT2D eigenvalue weighted by Gasteiger charge is -2.27. The third-order valence-electron chi connectivity index (χ3n) is 2.01. The van der Waals surface area contributed by atoms with E-state index >= 15 is 0 Å². The molecule has 0 atom stereocenters. The zero-order valence-corrected chi connectivity index (χ0v) is 7.31. The van der Waals surface area contributed by atoms with Crippen molar-refractivity contribution in [2.24, 2.45) is 0 Å². The van der Waals surface area contributed by atoms with Crippen molar-refractivity contribution in [1.29, 1.82) is 0 Å². The summed E-state index contributed by atoms with van der Waals surface area (Å²) in [6.45, 7) is 3.26. The zero-order chi connectivity index (χ0) is 9.10. The van der Waals surface area contributed by atoms with Crippen molar-refractivity contribution in [2.45, 2.75) is 0 Å². The Kier molecular flexibility index (Phi) is 2.27. The minimum atomic E-state index is 0.456. The summed E-state index contributed by atoms with van der Waals surface area (Å²) >= 11 is 0. The standard InChI is InChI=1S/C8H12N4O/c9-7-1-2-8(11-10-7)12-3-5-13-6-4-12/h1-2H,3-6H2,(H2,9,10). The Hall–Kier alpha value is -1.36. The van der Waals surface area contributed by atoms with Crippen LogP contribution in [0.5, 0.6) is 0 Å². The number of anilines is 2. The first-order valence-electron chi connectivity index (χ1n) is 4.28. The van der Waals surface area contributed by atoms with Gasteiger partial charge in [0.1, 0.15) is 5.82 Å². The third kappa shape index (κ3) is 1.86. The van der Waals surface area contributed by atoms with E-state index in [0.717, 1.165) is 32.1 Å². The molecule has 5 heteroatoms. The second kappa shape index (κ2) is 3.57. The molecular formula is C8H12N4O. The van der Waals surface area contributed by atoms with E-state index in [1.165, 1.54) is 0 Å². The Bertz CT molecular complexity index is 268. The molecule has 13 heavy (non-hydrogen) atoms. The molecule has 2 N–H and O–H groups in total. The van der Waals surface area contributed by atoms with Gasteiger partial charge in [0.2, 0.25) is 0 Å². The fourth-order valence-corrected chi connectivity index (χ4v) is 1.30. The summed E-state index contributed by atoms with van der Waals surface area (Å²) in [5.41, 5.74) is 5.44. The van der Waals surface area contributed by atoms with E-state index in [4.69, 9.17) is 10.5 Å². The number of ether oxygens (including phenoxy) is 1. The summed E-state index contributed by atoms with van der Waals surface area (Å²) in [4.78, 5) is 2.13. The quantitative estimate of drug-likeness (QED) is 0.653. The van der Waals surface area contributed by atoms with Crippen LogP contribution in [0.25, 0.3) is 0 Å². The van der Waals surface area contributed by atoms with Gasteiger partial charge in [0, 0.05) is 13.1 Å². The van der Waals surface area contributed by atoms with Crippen LogP contribution in [-0.2, 0) is 4.74 Å². The zero-order valence-electron chi connectivity index (χ0n) is 7.31. The molecule has 0 amide bonds. The Labute approximate surface area is 76.5 Å². The minimum Gasteiger partial charge on any atom is -0.382 e. The summed E-state index contributed by atoms with van der Waals surface area (Å²) in [6, 6.07) is 3.64. The highest BCUT2D eigenvalue weighted by Gasteiger charge is 2.11. The van der Waals surface area contributed by atoms with Crippen LogP contribution in [-0.4, -0.2) is 36.5 Å². The van der Waals surface area contributed by atoms with Crippen molar-refractivity contribution in [3.63, 3.8) is 0 Å². The second-order valence-corrected chi connectivity index (χ2v) is 2.92. The normalized spacial score (nSPS) is 17.4. The Balaban J connectivity index is 2.10. The summed E-state index contributed by atoms with van der Waals surface area (Å²) < 4.78 is 5.23. The lowest BCUT2D eigenvalue weighted by atomic mass is 10.4. The number of aromatic nitrogens is 2. The van der Waals surface area contributed by atoms with Crippen molar-refractivity contribution in [3.05, 3.63) is 12.1 Å². The van der Waals surface area contributed by atoms with Gasteiger partial charge in [-0.25, -0.2) is 0 Å². The molecule has 0 bridgehead atoms. The molecule has 1 aromatic rings. The van der Waals surface area contributed by atoms with Crippen molar-refractivity contribution in [1.82, 2.24) is 10.2 Å². The lowest BCUT2D eigenvalue weighted by Crippen LogP contribution is -2.36. The number of hydrogen-bond donors (Lipinski definition) is 1. The Morgan fingerprint density at radius 3 is 2.62 bits per heavy atom. The lowest BCUT2D eigenvalue weighted by molar-refractivity contribution is 0.122. The first-order valence-corrected chi connectivity index (χ1v) is 4.28. The van der Waals surface area contributed by atoms with Gasteiger partial charge in [-0.15, -0.1) is 10.2 Å². The summed E-state index contributed by atoms with van der Waals surface area (Å²) in [7, 11) is 0. The van der Waals surface area contributed by atoms with Crippen LogP contribution in [0, 0.1) is 0 Å². The monoisotopic (exact) mass is 180 g/mol. The van der Waals surface area contributed by atoms with Crippen LogP contribution in [0.15, 0.2) is 12.1 Å². The van der Waals surface area contributed by atoms with Crippen LogP contribution in [0.3, 0.4) is 0 Å². The van der Waals surface area contributed by atoms with Gasteiger partial charge in [0.25, 0.3) is 0 Å². The topological polar surface area (TPSA) is 64.3 Å². The smallest absolute Gasteiger partial charge is 0.151 e. The first-order chi connectivity index (χ1) is 6.36. The summed E-state index contributed by atoms with van der Waals surface area (Å²) in [6.07, 6.45) is 0. The average Bonchev–Trinajstić information content (AvgIpc) is 2.20. The number of nitrogens with zero attached hydrogens (tertiary/aromatic N) is 3. The maximum atomic E-state index is 5.44. The molecule has 1 fully saturated rings. The molecule has 0 unspecified atom stereocenters. The number of nitrogens with two attached hydrogens (primary N) is 1. The predicted molar refractivity (Wildman–Crippen MR) is 49.5 cm³/mol. The molecule has 0 spiro atoms. The van der Waals surface area contributed by atoms with Crippen molar-refractivity contribution < 1.29 is 4.74 Å². The Morgan fingerprint density at radius 1 is 1.23 bits per heavy atom. The number of hydrogen-bond acceptors (Lipinski definition) is 5. The van der Waals surface area contributed by atoms with E-state index in [2.05, 4.69) is 15.1 Å². The van der Waals surface area contributed by atoms with E-state index in [9.17, 15) is 0 Å². The van der Waals surface area contributed by atoms with E-state index in [1.807, 2.05) is 6.07 Å². The maximum Gasteiger partial charge on any atom is 0.151 e. The van der Waals surface area contributed by atoms with Crippen molar-refractivity contribution in [2.75, 3.05) is 36.9 Å². The van der Waals surface area contributed by atoms with Gasteiger partial charge in [-0.3, -0.25) is 0 Å². The van der Waals surface area contributed by atoms with E-state index < -0.39 is 0 Å². The molecular weight excluding hydrogens is 168 g/mol. The number of nitrogen functional groups attached to an aromatic ring is 1. The molecule has 2 heterocycles. The Morgan fingerprint density at radius 2 is 2.00 bits per heavy atom. The van der Waals surface area contributed by atoms with Crippen LogP contribution >= 0.6 is 0 Å². The van der Waals surface area contributed by atoms with Gasteiger partial charge >= 0.3 is 0 Å². The predicted octanol–water partition coefficient (Wildman–Crippen LogP) is -0.105. The molecule has 1 aliphatic heterocycles. The molecule has 5 nitrogen and oxygen atoms in total. The number of rotatable bonds is 1. The fraction of sp³-hybridized carbons (Fsp3) is 0.500. The third-order valence-corrected chi connectivity index (χ3v) is 2.01. The van der Waals surface area contributed by atoms with E-state index in [1.54, 1.807) is 6.07 Å².